The van der Waals surface area contributed by atoms with E-state index >= 15 is 0 Å². The number of nitrogens with zero attached hydrogens (tertiary/aromatic N) is 3. The predicted molar refractivity (Wildman–Crippen MR) is 73.5 cm³/mol. The molecule has 0 bridgehead atoms. The number of hydrogen-bond donors (Lipinski definition) is 1. The van der Waals surface area contributed by atoms with Crippen LogP contribution in [0.3, 0.4) is 0 Å². The number of carbonyl (C=O) groups excluding carboxylic acids is 1. The number of nitrogens with one attached hydrogen (secondary N) is 1. The van der Waals surface area contributed by atoms with Crippen molar-refractivity contribution < 1.29 is 14.1 Å². The van der Waals surface area contributed by atoms with Crippen LogP contribution in [0, 0.1) is 15.9 Å². The summed E-state index contributed by atoms with van der Waals surface area (Å²) in [6, 6.07) is 4.27. The number of amides is 1. The molecule has 0 unspecified atom stereocenters. The summed E-state index contributed by atoms with van der Waals surface area (Å²) >= 11 is 5.60. The highest BCUT2D eigenvalue weighted by Crippen LogP contribution is 2.22. The van der Waals surface area contributed by atoms with E-state index in [1.54, 1.807) is 0 Å². The molecule has 1 aromatic carbocycles. The normalized spacial score (nSPS) is 10.4. The highest BCUT2D eigenvalue weighted by atomic mass is 35.5. The van der Waals surface area contributed by atoms with Gasteiger partial charge in [0.1, 0.15) is 12.4 Å². The Hall–Kier alpha value is -2.48. The molecule has 1 aromatic heterocycles. The van der Waals surface area contributed by atoms with Crippen LogP contribution in [0.2, 0.25) is 5.02 Å². The zero-order valence-electron chi connectivity index (χ0n) is 10.6. The van der Waals surface area contributed by atoms with Gasteiger partial charge in [0.25, 0.3) is 0 Å². The van der Waals surface area contributed by atoms with Gasteiger partial charge < -0.3 is 5.32 Å². The van der Waals surface area contributed by atoms with Crippen LogP contribution in [0.4, 0.5) is 15.8 Å². The van der Waals surface area contributed by atoms with E-state index in [4.69, 9.17) is 11.6 Å². The second-order valence-electron chi connectivity index (χ2n) is 4.12. The van der Waals surface area contributed by atoms with Gasteiger partial charge in [-0.15, -0.1) is 0 Å². The third-order valence-electron chi connectivity index (χ3n) is 2.62. The molecule has 0 spiro atoms. The number of anilines is 1. The SMILES string of the molecule is O=C(CCn1cc([N+](=O)[O-])cn1)Nc1cccc(Cl)c1F. The van der Waals surface area contributed by atoms with Crippen molar-refractivity contribution >= 4 is 28.9 Å². The van der Waals surface area contributed by atoms with Crippen LogP contribution < -0.4 is 5.32 Å². The molecule has 0 aliphatic rings. The first-order chi connectivity index (χ1) is 9.97. The van der Waals surface area contributed by atoms with Gasteiger partial charge in [-0.25, -0.2) is 4.39 Å². The molecule has 110 valence electrons. The Balaban J connectivity index is 1.92. The first kappa shape index (κ1) is 14.9. The molecule has 1 amide bonds. The third-order valence-corrected chi connectivity index (χ3v) is 2.92. The fourth-order valence-electron chi connectivity index (χ4n) is 1.60. The van der Waals surface area contributed by atoms with E-state index in [2.05, 4.69) is 10.4 Å². The Morgan fingerprint density at radius 2 is 2.29 bits per heavy atom. The van der Waals surface area contributed by atoms with Crippen LogP contribution in [-0.4, -0.2) is 20.6 Å². The maximum absolute atomic E-state index is 13.6. The zero-order chi connectivity index (χ0) is 15.4. The number of carbonyl (C=O) groups is 1. The number of aromatic nitrogens is 2. The summed E-state index contributed by atoms with van der Waals surface area (Å²) in [6.07, 6.45) is 2.30. The maximum Gasteiger partial charge on any atom is 0.306 e. The second-order valence-corrected chi connectivity index (χ2v) is 4.53. The van der Waals surface area contributed by atoms with Gasteiger partial charge in [0, 0.05) is 13.0 Å². The molecule has 7 nitrogen and oxygen atoms in total. The van der Waals surface area contributed by atoms with Gasteiger partial charge in [0.15, 0.2) is 5.82 Å². The Morgan fingerprint density at radius 3 is 2.95 bits per heavy atom. The van der Waals surface area contributed by atoms with Gasteiger partial charge in [-0.1, -0.05) is 17.7 Å². The first-order valence-electron chi connectivity index (χ1n) is 5.88. The zero-order valence-corrected chi connectivity index (χ0v) is 11.4. The van der Waals surface area contributed by atoms with Crippen LogP contribution >= 0.6 is 11.6 Å². The molecule has 0 aliphatic heterocycles. The lowest BCUT2D eigenvalue weighted by Crippen LogP contribution is -2.15. The Kier molecular flexibility index (Phi) is 4.49. The molecule has 0 aliphatic carbocycles. The van der Waals surface area contributed by atoms with Crippen molar-refractivity contribution in [3.63, 3.8) is 0 Å². The summed E-state index contributed by atoms with van der Waals surface area (Å²) in [7, 11) is 0. The van der Waals surface area contributed by atoms with Crippen LogP contribution in [0.5, 0.6) is 0 Å². The molecule has 0 radical (unpaired) electrons. The van der Waals surface area contributed by atoms with E-state index < -0.39 is 16.6 Å². The first-order valence-corrected chi connectivity index (χ1v) is 6.26. The Morgan fingerprint density at radius 1 is 1.52 bits per heavy atom. The van der Waals surface area contributed by atoms with Crippen LogP contribution in [-0.2, 0) is 11.3 Å². The molecule has 2 aromatic rings. The van der Waals surface area contributed by atoms with Crippen LogP contribution in [0.15, 0.2) is 30.6 Å². The molecular weight excluding hydrogens is 303 g/mol. The minimum Gasteiger partial charge on any atom is -0.323 e. The molecule has 1 N–H and O–H groups in total. The predicted octanol–water partition coefficient (Wildman–Crippen LogP) is 2.61. The molecule has 0 atom stereocenters. The highest BCUT2D eigenvalue weighted by Gasteiger charge is 2.12. The standard InChI is InChI=1S/C12H10ClFN4O3/c13-9-2-1-3-10(12(9)14)16-11(19)4-5-17-7-8(6-15-17)18(20)21/h1-3,6-7H,4-5H2,(H,16,19). The van der Waals surface area contributed by atoms with Gasteiger partial charge in [-0.2, -0.15) is 5.10 Å². The topological polar surface area (TPSA) is 90.1 Å². The number of nitro groups is 1. The van der Waals surface area contributed by atoms with Gasteiger partial charge >= 0.3 is 5.69 Å². The van der Waals surface area contributed by atoms with Crippen molar-refractivity contribution in [3.05, 3.63) is 51.5 Å². The van der Waals surface area contributed by atoms with Crippen molar-refractivity contribution in [2.75, 3.05) is 5.32 Å². The largest absolute Gasteiger partial charge is 0.323 e. The van der Waals surface area contributed by atoms with E-state index in [1.807, 2.05) is 0 Å². The average molecular weight is 313 g/mol. The van der Waals surface area contributed by atoms with Gasteiger partial charge in [0.2, 0.25) is 5.91 Å². The molecule has 21 heavy (non-hydrogen) atoms. The van der Waals surface area contributed by atoms with Crippen molar-refractivity contribution in [1.82, 2.24) is 9.78 Å². The molecule has 0 saturated heterocycles. The lowest BCUT2D eigenvalue weighted by Gasteiger charge is -2.07. The minimum absolute atomic E-state index is 0.00914. The number of halogens is 2. The molecule has 1 heterocycles. The third kappa shape index (κ3) is 3.76. The minimum atomic E-state index is -0.706. The second kappa shape index (κ2) is 6.31. The lowest BCUT2D eigenvalue weighted by molar-refractivity contribution is -0.385. The fraction of sp³-hybridized carbons (Fsp3) is 0.167. The summed E-state index contributed by atoms with van der Waals surface area (Å²) in [5, 5.41) is 16.5. The monoisotopic (exact) mass is 312 g/mol. The van der Waals surface area contributed by atoms with E-state index in [-0.39, 0.29) is 29.4 Å². The van der Waals surface area contributed by atoms with E-state index in [0.29, 0.717) is 0 Å². The number of hydrogen-bond acceptors (Lipinski definition) is 4. The summed E-state index contributed by atoms with van der Waals surface area (Å²) in [4.78, 5) is 21.6. The van der Waals surface area contributed by atoms with E-state index in [1.165, 1.54) is 29.1 Å². The van der Waals surface area contributed by atoms with Gasteiger partial charge in [-0.05, 0) is 12.1 Å². The number of benzene rings is 1. The lowest BCUT2D eigenvalue weighted by atomic mass is 10.3. The van der Waals surface area contributed by atoms with Crippen LogP contribution in [0.1, 0.15) is 6.42 Å². The highest BCUT2D eigenvalue weighted by molar-refractivity contribution is 6.31. The molecule has 0 saturated carbocycles. The summed E-state index contributed by atoms with van der Waals surface area (Å²) in [5.74, 6) is -1.16. The quantitative estimate of drug-likeness (QED) is 0.678. The summed E-state index contributed by atoms with van der Waals surface area (Å²) in [6.45, 7) is 0.141. The van der Waals surface area contributed by atoms with E-state index in [9.17, 15) is 19.3 Å². The van der Waals surface area contributed by atoms with Gasteiger partial charge in [0.05, 0.1) is 15.6 Å². The molecule has 9 heteroatoms. The maximum atomic E-state index is 13.6. The van der Waals surface area contributed by atoms with Crippen molar-refractivity contribution in [2.24, 2.45) is 0 Å². The van der Waals surface area contributed by atoms with Crippen molar-refractivity contribution in [3.8, 4) is 0 Å². The average Bonchev–Trinajstić information content (AvgIpc) is 2.91. The molecular formula is C12H10ClFN4O3. The van der Waals surface area contributed by atoms with Gasteiger partial charge in [-0.3, -0.25) is 19.6 Å². The number of rotatable bonds is 5. The molecule has 0 fully saturated rings. The van der Waals surface area contributed by atoms with Crippen molar-refractivity contribution in [1.29, 1.82) is 0 Å². The molecule has 2 rings (SSSR count). The summed E-state index contributed by atoms with van der Waals surface area (Å²) < 4.78 is 14.8. The Labute approximate surface area is 123 Å². The van der Waals surface area contributed by atoms with Crippen molar-refractivity contribution in [2.45, 2.75) is 13.0 Å². The van der Waals surface area contributed by atoms with Crippen LogP contribution in [0.25, 0.3) is 0 Å². The smallest absolute Gasteiger partial charge is 0.306 e. The Bertz CT molecular complexity index is 689. The fourth-order valence-corrected chi connectivity index (χ4v) is 1.77. The summed E-state index contributed by atoms with van der Waals surface area (Å²) in [5.41, 5.74) is -0.171. The van der Waals surface area contributed by atoms with E-state index in [0.717, 1.165) is 6.20 Å². The number of aryl methyl sites for hydroxylation is 1.